The van der Waals surface area contributed by atoms with Gasteiger partial charge in [0.2, 0.25) is 0 Å². The highest BCUT2D eigenvalue weighted by molar-refractivity contribution is 7.14. The van der Waals surface area contributed by atoms with Crippen LogP contribution in [0.2, 0.25) is 0 Å². The van der Waals surface area contributed by atoms with E-state index in [4.69, 9.17) is 14.7 Å². The number of hydrogen-bond donors (Lipinski definition) is 0. The number of ether oxygens (including phenoxy) is 1. The third-order valence-corrected chi connectivity index (χ3v) is 9.95. The number of rotatable bonds is 5. The zero-order valence-electron chi connectivity index (χ0n) is 23.3. The Morgan fingerprint density at radius 3 is 2.54 bits per heavy atom. The van der Waals surface area contributed by atoms with Crippen molar-refractivity contribution in [3.63, 3.8) is 0 Å². The van der Waals surface area contributed by atoms with Gasteiger partial charge in [0.1, 0.15) is 23.5 Å². The number of aromatic nitrogens is 4. The molecule has 1 aliphatic rings. The SMILES string of the molecule is CC(C)c1csc(-n2c3ccccc3c3ccc(Oc4cccc(-n5cnc6c5C(C)(C)c5ccsc5-6)c4)cc32)n1. The van der Waals surface area contributed by atoms with Crippen LogP contribution >= 0.6 is 22.7 Å². The molecule has 0 fully saturated rings. The smallest absolute Gasteiger partial charge is 0.194 e. The first-order valence-corrected chi connectivity index (χ1v) is 15.6. The fourth-order valence-corrected chi connectivity index (χ4v) is 8.18. The summed E-state index contributed by atoms with van der Waals surface area (Å²) in [5.41, 5.74) is 7.95. The molecule has 4 aromatic heterocycles. The Kier molecular flexibility index (Phi) is 5.34. The van der Waals surface area contributed by atoms with Crippen molar-refractivity contribution in [1.82, 2.24) is 19.1 Å². The molecule has 8 rings (SSSR count). The number of benzene rings is 3. The molecule has 7 aromatic rings. The maximum absolute atomic E-state index is 6.51. The van der Waals surface area contributed by atoms with Crippen LogP contribution in [0.25, 0.3) is 43.2 Å². The second-order valence-corrected chi connectivity index (χ2v) is 13.2. The molecule has 41 heavy (non-hydrogen) atoms. The van der Waals surface area contributed by atoms with E-state index in [1.165, 1.54) is 26.9 Å². The van der Waals surface area contributed by atoms with Gasteiger partial charge in [0.15, 0.2) is 5.13 Å². The van der Waals surface area contributed by atoms with Crippen LogP contribution in [0.3, 0.4) is 0 Å². The molecular weight excluding hydrogens is 545 g/mol. The van der Waals surface area contributed by atoms with Crippen molar-refractivity contribution < 1.29 is 4.74 Å². The number of thiophene rings is 1. The molecule has 202 valence electrons. The highest BCUT2D eigenvalue weighted by Gasteiger charge is 2.40. The minimum Gasteiger partial charge on any atom is -0.457 e. The van der Waals surface area contributed by atoms with Crippen LogP contribution in [0.5, 0.6) is 11.5 Å². The van der Waals surface area contributed by atoms with Crippen LogP contribution in [0.1, 0.15) is 50.6 Å². The summed E-state index contributed by atoms with van der Waals surface area (Å²) in [6, 6.07) is 25.4. The molecule has 0 bridgehead atoms. The molecule has 0 spiro atoms. The minimum atomic E-state index is -0.109. The van der Waals surface area contributed by atoms with E-state index < -0.39 is 0 Å². The minimum absolute atomic E-state index is 0.109. The monoisotopic (exact) mass is 572 g/mol. The van der Waals surface area contributed by atoms with Crippen molar-refractivity contribution in [3.05, 3.63) is 107 Å². The van der Waals surface area contributed by atoms with E-state index in [9.17, 15) is 0 Å². The lowest BCUT2D eigenvalue weighted by molar-refractivity contribution is 0.483. The third kappa shape index (κ3) is 3.65. The highest BCUT2D eigenvalue weighted by Crippen LogP contribution is 2.51. The van der Waals surface area contributed by atoms with Crippen LogP contribution in [-0.4, -0.2) is 19.1 Å². The summed E-state index contributed by atoms with van der Waals surface area (Å²) < 4.78 is 11.0. The largest absolute Gasteiger partial charge is 0.457 e. The van der Waals surface area contributed by atoms with Gasteiger partial charge in [-0.3, -0.25) is 4.57 Å². The summed E-state index contributed by atoms with van der Waals surface area (Å²) in [6.45, 7) is 8.93. The lowest BCUT2D eigenvalue weighted by Gasteiger charge is -2.22. The first kappa shape index (κ1) is 24.6. The van der Waals surface area contributed by atoms with Gasteiger partial charge in [-0.05, 0) is 53.3 Å². The van der Waals surface area contributed by atoms with Crippen molar-refractivity contribution in [2.24, 2.45) is 0 Å². The summed E-state index contributed by atoms with van der Waals surface area (Å²) in [5.74, 6) is 1.96. The van der Waals surface area contributed by atoms with Gasteiger partial charge < -0.3 is 9.30 Å². The Bertz CT molecular complexity index is 2110. The Morgan fingerprint density at radius 1 is 0.854 bits per heavy atom. The summed E-state index contributed by atoms with van der Waals surface area (Å²) in [6.07, 6.45) is 1.94. The first-order valence-electron chi connectivity index (χ1n) is 13.8. The van der Waals surface area contributed by atoms with Crippen molar-refractivity contribution in [2.75, 3.05) is 0 Å². The molecule has 0 aliphatic heterocycles. The van der Waals surface area contributed by atoms with Gasteiger partial charge in [0.25, 0.3) is 0 Å². The van der Waals surface area contributed by atoms with Crippen molar-refractivity contribution in [1.29, 1.82) is 0 Å². The van der Waals surface area contributed by atoms with Gasteiger partial charge in [0.05, 0.1) is 33.0 Å². The van der Waals surface area contributed by atoms with Crippen LogP contribution < -0.4 is 4.74 Å². The second-order valence-electron chi connectivity index (χ2n) is 11.4. The summed E-state index contributed by atoms with van der Waals surface area (Å²) in [5, 5.41) is 7.70. The zero-order chi connectivity index (χ0) is 27.9. The number of fused-ring (bicyclic) bond motifs is 6. The van der Waals surface area contributed by atoms with Gasteiger partial charge in [-0.1, -0.05) is 52.0 Å². The topological polar surface area (TPSA) is 44.9 Å². The Hall–Kier alpha value is -4.20. The predicted octanol–water partition coefficient (Wildman–Crippen LogP) is 9.71. The molecule has 1 aliphatic carbocycles. The fraction of sp³-hybridized carbons (Fsp3) is 0.176. The van der Waals surface area contributed by atoms with Crippen molar-refractivity contribution >= 4 is 44.5 Å². The standard InChI is InChI=1S/C34H28N4OS2/c1-20(2)27-18-41-33(36-27)38-28-11-6-5-10-24(28)25-13-12-23(17-29(25)38)39-22-9-7-8-21(16-22)37-19-35-30-31-26(14-15-40-31)34(3,4)32(30)37/h5-20H,1-4H3. The van der Waals surface area contributed by atoms with E-state index in [2.05, 4.69) is 108 Å². The van der Waals surface area contributed by atoms with Crippen LogP contribution in [0.15, 0.2) is 89.9 Å². The lowest BCUT2D eigenvalue weighted by Crippen LogP contribution is -2.19. The third-order valence-electron chi connectivity index (χ3n) is 8.18. The fourth-order valence-electron chi connectivity index (χ4n) is 6.12. The maximum atomic E-state index is 6.51. The molecule has 4 heterocycles. The second kappa shape index (κ2) is 8.90. The molecule has 0 radical (unpaired) electrons. The molecule has 5 nitrogen and oxygen atoms in total. The molecule has 0 atom stereocenters. The van der Waals surface area contributed by atoms with Gasteiger partial charge in [-0.15, -0.1) is 22.7 Å². The molecule has 7 heteroatoms. The van der Waals surface area contributed by atoms with Gasteiger partial charge in [-0.25, -0.2) is 9.97 Å². The van der Waals surface area contributed by atoms with Crippen molar-refractivity contribution in [2.45, 2.75) is 39.0 Å². The molecule has 0 saturated heterocycles. The Labute approximate surface area is 246 Å². The van der Waals surface area contributed by atoms with E-state index in [1.807, 2.05) is 18.5 Å². The van der Waals surface area contributed by atoms with Crippen molar-refractivity contribution in [3.8, 4) is 32.9 Å². The summed E-state index contributed by atoms with van der Waals surface area (Å²) in [7, 11) is 0. The van der Waals surface area contributed by atoms with E-state index in [0.29, 0.717) is 5.92 Å². The predicted molar refractivity (Wildman–Crippen MR) is 170 cm³/mol. The molecule has 3 aromatic carbocycles. The molecular formula is C34H28N4OS2. The van der Waals surface area contributed by atoms with E-state index in [-0.39, 0.29) is 5.41 Å². The Balaban J connectivity index is 1.20. The van der Waals surface area contributed by atoms with Crippen LogP contribution in [0.4, 0.5) is 0 Å². The number of imidazole rings is 1. The molecule has 0 saturated carbocycles. The number of hydrogen-bond acceptors (Lipinski definition) is 5. The first-order chi connectivity index (χ1) is 19.9. The normalized spacial score (nSPS) is 13.8. The lowest BCUT2D eigenvalue weighted by atomic mass is 9.86. The summed E-state index contributed by atoms with van der Waals surface area (Å²) >= 11 is 3.45. The van der Waals surface area contributed by atoms with Crippen LogP contribution in [-0.2, 0) is 5.41 Å². The van der Waals surface area contributed by atoms with E-state index >= 15 is 0 Å². The van der Waals surface area contributed by atoms with E-state index in [1.54, 1.807) is 22.7 Å². The van der Waals surface area contributed by atoms with Gasteiger partial charge >= 0.3 is 0 Å². The number of thiazole rings is 1. The molecule has 0 amide bonds. The van der Waals surface area contributed by atoms with Crippen LogP contribution in [0, 0.1) is 0 Å². The molecule has 0 N–H and O–H groups in total. The quantitative estimate of drug-likeness (QED) is 0.206. The van der Waals surface area contributed by atoms with Gasteiger partial charge in [0, 0.05) is 33.7 Å². The number of para-hydroxylation sites is 1. The number of nitrogens with zero attached hydrogens (tertiary/aromatic N) is 4. The maximum Gasteiger partial charge on any atom is 0.194 e. The highest BCUT2D eigenvalue weighted by atomic mass is 32.1. The average molecular weight is 573 g/mol. The molecule has 0 unspecified atom stereocenters. The zero-order valence-corrected chi connectivity index (χ0v) is 24.9. The Morgan fingerprint density at radius 2 is 1.68 bits per heavy atom. The van der Waals surface area contributed by atoms with E-state index in [0.717, 1.165) is 44.7 Å². The average Bonchev–Trinajstić information content (AvgIpc) is 3.77. The van der Waals surface area contributed by atoms with Gasteiger partial charge in [-0.2, -0.15) is 0 Å². The summed E-state index contributed by atoms with van der Waals surface area (Å²) in [4.78, 5) is 11.1.